The second kappa shape index (κ2) is 6.38. The molecule has 1 heterocycles. The van der Waals surface area contributed by atoms with E-state index in [0.29, 0.717) is 12.1 Å². The predicted molar refractivity (Wildman–Crippen MR) is 83.4 cm³/mol. The summed E-state index contributed by atoms with van der Waals surface area (Å²) in [6, 6.07) is 9.08. The summed E-state index contributed by atoms with van der Waals surface area (Å²) >= 11 is 0. The van der Waals surface area contributed by atoms with Crippen molar-refractivity contribution in [1.29, 1.82) is 0 Å². The molecule has 0 aliphatic carbocycles. The first-order chi connectivity index (χ1) is 9.94. The molecular weight excluding hydrogens is 290 g/mol. The highest BCUT2D eigenvalue weighted by molar-refractivity contribution is 7.90. The molecule has 0 amide bonds. The van der Waals surface area contributed by atoms with E-state index in [4.69, 9.17) is 5.11 Å². The lowest BCUT2D eigenvalue weighted by Crippen LogP contribution is -2.33. The van der Waals surface area contributed by atoms with Crippen LogP contribution in [0.15, 0.2) is 30.3 Å². The number of pyridine rings is 1. The van der Waals surface area contributed by atoms with Crippen molar-refractivity contribution in [3.8, 4) is 0 Å². The van der Waals surface area contributed by atoms with Crippen molar-refractivity contribution < 1.29 is 13.5 Å². The van der Waals surface area contributed by atoms with Crippen LogP contribution in [0.3, 0.4) is 0 Å². The Balaban J connectivity index is 2.35. The van der Waals surface area contributed by atoms with E-state index in [1.807, 2.05) is 31.2 Å². The first kappa shape index (κ1) is 15.7. The quantitative estimate of drug-likeness (QED) is 0.847. The van der Waals surface area contributed by atoms with Crippen LogP contribution in [-0.4, -0.2) is 43.0 Å². The third-order valence-electron chi connectivity index (χ3n) is 3.12. The number of fused-ring (bicyclic) bond motifs is 1. The standard InChI is InChI=1S/C14H19N3O3S/c1-11-10-14(12-6-3-4-7-13(12)15-11)16-21(19,20)17(2)8-5-9-18/h3-4,6-7,10,18H,5,8-9H2,1-2H3,(H,15,16). The summed E-state index contributed by atoms with van der Waals surface area (Å²) in [6.45, 7) is 2.03. The molecule has 0 unspecified atom stereocenters. The van der Waals surface area contributed by atoms with Gasteiger partial charge in [-0.2, -0.15) is 12.7 Å². The molecule has 0 bridgehead atoms. The SMILES string of the molecule is Cc1cc(NS(=O)(=O)N(C)CCCO)c2ccccc2n1. The topological polar surface area (TPSA) is 82.5 Å². The van der Waals surface area contributed by atoms with Crippen LogP contribution >= 0.6 is 0 Å². The highest BCUT2D eigenvalue weighted by atomic mass is 32.2. The highest BCUT2D eigenvalue weighted by Gasteiger charge is 2.18. The van der Waals surface area contributed by atoms with Gasteiger partial charge in [-0.1, -0.05) is 18.2 Å². The van der Waals surface area contributed by atoms with Gasteiger partial charge in [-0.3, -0.25) is 9.71 Å². The van der Waals surface area contributed by atoms with Crippen LogP contribution in [0, 0.1) is 6.92 Å². The number of aliphatic hydroxyl groups is 1. The number of rotatable bonds is 6. The highest BCUT2D eigenvalue weighted by Crippen LogP contribution is 2.24. The first-order valence-corrected chi connectivity index (χ1v) is 8.09. The smallest absolute Gasteiger partial charge is 0.301 e. The molecule has 1 aromatic heterocycles. The van der Waals surface area contributed by atoms with Crippen LogP contribution in [0.4, 0.5) is 5.69 Å². The number of aromatic nitrogens is 1. The molecule has 0 saturated heterocycles. The van der Waals surface area contributed by atoms with Gasteiger partial charge in [0.05, 0.1) is 11.2 Å². The van der Waals surface area contributed by atoms with Crippen molar-refractivity contribution in [2.24, 2.45) is 0 Å². The van der Waals surface area contributed by atoms with Crippen LogP contribution in [0.1, 0.15) is 12.1 Å². The third kappa shape index (κ3) is 3.69. The summed E-state index contributed by atoms with van der Waals surface area (Å²) in [4.78, 5) is 4.38. The van der Waals surface area contributed by atoms with Crippen LogP contribution in [-0.2, 0) is 10.2 Å². The normalized spacial score (nSPS) is 12.0. The molecule has 114 valence electrons. The number of aliphatic hydroxyl groups excluding tert-OH is 1. The average Bonchev–Trinajstić information content (AvgIpc) is 2.44. The van der Waals surface area contributed by atoms with E-state index in [2.05, 4.69) is 9.71 Å². The summed E-state index contributed by atoms with van der Waals surface area (Å²) in [5.41, 5.74) is 1.99. The molecule has 21 heavy (non-hydrogen) atoms. The number of hydrogen-bond donors (Lipinski definition) is 2. The van der Waals surface area contributed by atoms with Gasteiger partial charge in [-0.05, 0) is 25.5 Å². The third-order valence-corrected chi connectivity index (χ3v) is 4.61. The fourth-order valence-corrected chi connectivity index (χ4v) is 2.99. The molecule has 6 nitrogen and oxygen atoms in total. The predicted octanol–water partition coefficient (Wildman–Crippen LogP) is 1.51. The summed E-state index contributed by atoms with van der Waals surface area (Å²) in [7, 11) is -2.17. The van der Waals surface area contributed by atoms with Crippen molar-refractivity contribution in [3.05, 3.63) is 36.0 Å². The van der Waals surface area contributed by atoms with Gasteiger partial charge < -0.3 is 5.11 Å². The summed E-state index contributed by atoms with van der Waals surface area (Å²) in [5, 5.41) is 9.55. The van der Waals surface area contributed by atoms with Gasteiger partial charge in [-0.25, -0.2) is 0 Å². The van der Waals surface area contributed by atoms with Crippen LogP contribution in [0.25, 0.3) is 10.9 Å². The Morgan fingerprint density at radius 3 is 2.76 bits per heavy atom. The number of benzene rings is 1. The van der Waals surface area contributed by atoms with Crippen LogP contribution in [0.2, 0.25) is 0 Å². The maximum Gasteiger partial charge on any atom is 0.301 e. The second-order valence-corrected chi connectivity index (χ2v) is 6.61. The van der Waals surface area contributed by atoms with Crippen molar-refractivity contribution in [2.75, 3.05) is 24.9 Å². The van der Waals surface area contributed by atoms with Crippen molar-refractivity contribution in [3.63, 3.8) is 0 Å². The Morgan fingerprint density at radius 2 is 2.05 bits per heavy atom. The lowest BCUT2D eigenvalue weighted by Gasteiger charge is -2.19. The van der Waals surface area contributed by atoms with Crippen LogP contribution < -0.4 is 4.72 Å². The Bertz CT molecular complexity index is 731. The molecule has 2 rings (SSSR count). The van der Waals surface area contributed by atoms with Gasteiger partial charge in [0.15, 0.2) is 0 Å². The number of para-hydroxylation sites is 1. The van der Waals surface area contributed by atoms with Gasteiger partial charge in [-0.15, -0.1) is 0 Å². The summed E-state index contributed by atoms with van der Waals surface area (Å²) < 4.78 is 28.3. The average molecular weight is 309 g/mol. The molecule has 0 radical (unpaired) electrons. The van der Waals surface area contributed by atoms with Gasteiger partial charge in [0.1, 0.15) is 0 Å². The molecule has 0 aliphatic heterocycles. The van der Waals surface area contributed by atoms with Gasteiger partial charge in [0.25, 0.3) is 0 Å². The van der Waals surface area contributed by atoms with E-state index in [-0.39, 0.29) is 13.2 Å². The maximum atomic E-state index is 12.3. The minimum atomic E-state index is -3.65. The minimum absolute atomic E-state index is 0.0445. The molecule has 0 saturated carbocycles. The Hall–Kier alpha value is -1.70. The molecule has 7 heteroatoms. The van der Waals surface area contributed by atoms with E-state index >= 15 is 0 Å². The largest absolute Gasteiger partial charge is 0.396 e. The van der Waals surface area contributed by atoms with Gasteiger partial charge in [0.2, 0.25) is 0 Å². The zero-order valence-electron chi connectivity index (χ0n) is 12.1. The Morgan fingerprint density at radius 1 is 1.33 bits per heavy atom. The summed E-state index contributed by atoms with van der Waals surface area (Å²) in [5.74, 6) is 0. The summed E-state index contributed by atoms with van der Waals surface area (Å²) in [6.07, 6.45) is 0.396. The van der Waals surface area contributed by atoms with Gasteiger partial charge >= 0.3 is 10.2 Å². The van der Waals surface area contributed by atoms with Crippen molar-refractivity contribution in [2.45, 2.75) is 13.3 Å². The molecule has 0 aliphatic rings. The van der Waals surface area contributed by atoms with E-state index in [0.717, 1.165) is 16.6 Å². The number of nitrogens with one attached hydrogen (secondary N) is 1. The first-order valence-electron chi connectivity index (χ1n) is 6.65. The fourth-order valence-electron chi connectivity index (χ4n) is 2.02. The van der Waals surface area contributed by atoms with E-state index < -0.39 is 10.2 Å². The molecule has 1 aromatic carbocycles. The number of nitrogens with zero attached hydrogens (tertiary/aromatic N) is 2. The number of anilines is 1. The molecule has 0 atom stereocenters. The van der Waals surface area contributed by atoms with Crippen molar-refractivity contribution in [1.82, 2.24) is 9.29 Å². The lowest BCUT2D eigenvalue weighted by molar-refractivity contribution is 0.276. The molecule has 0 fully saturated rings. The van der Waals surface area contributed by atoms with Gasteiger partial charge in [0, 0.05) is 31.3 Å². The van der Waals surface area contributed by atoms with Crippen molar-refractivity contribution >= 4 is 26.8 Å². The number of aryl methyl sites for hydroxylation is 1. The van der Waals surface area contributed by atoms with Crippen LogP contribution in [0.5, 0.6) is 0 Å². The fraction of sp³-hybridized carbons (Fsp3) is 0.357. The van der Waals surface area contributed by atoms with E-state index in [1.54, 1.807) is 6.07 Å². The Kier molecular flexibility index (Phi) is 4.76. The van der Waals surface area contributed by atoms with E-state index in [9.17, 15) is 8.42 Å². The Labute approximate surface area is 124 Å². The monoisotopic (exact) mass is 309 g/mol. The zero-order valence-corrected chi connectivity index (χ0v) is 12.9. The second-order valence-electron chi connectivity index (χ2n) is 4.83. The maximum absolute atomic E-state index is 12.3. The molecular formula is C14H19N3O3S. The lowest BCUT2D eigenvalue weighted by atomic mass is 10.2. The van der Waals surface area contributed by atoms with E-state index in [1.165, 1.54) is 11.4 Å². The minimum Gasteiger partial charge on any atom is -0.396 e. The molecule has 2 aromatic rings. The molecule has 2 N–H and O–H groups in total. The molecule has 0 spiro atoms. The number of hydrogen-bond acceptors (Lipinski definition) is 4. The zero-order chi connectivity index (χ0) is 15.5.